The Morgan fingerprint density at radius 1 is 1.24 bits per heavy atom. The van der Waals surface area contributed by atoms with Crippen LogP contribution in [0.2, 0.25) is 0 Å². The molecule has 0 saturated heterocycles. The summed E-state index contributed by atoms with van der Waals surface area (Å²) in [6.45, 7) is 1.88. The van der Waals surface area contributed by atoms with Gasteiger partial charge in [-0.1, -0.05) is 0 Å². The first kappa shape index (κ1) is 11.2. The Bertz CT molecular complexity index is 536. The molecule has 1 amide bonds. The lowest BCUT2D eigenvalue weighted by atomic mass is 10.1. The summed E-state index contributed by atoms with van der Waals surface area (Å²) < 4.78 is 0. The van der Waals surface area contributed by atoms with Gasteiger partial charge in [-0.3, -0.25) is 19.7 Å². The number of rotatable bonds is 3. The normalized spacial score (nSPS) is 10.2. The molecule has 2 aromatic rings. The van der Waals surface area contributed by atoms with Crippen LogP contribution < -0.4 is 5.73 Å². The molecule has 0 saturated carbocycles. The molecule has 0 aliphatic heterocycles. The number of hydrogen-bond donors (Lipinski definition) is 1. The Hall–Kier alpha value is -2.30. The van der Waals surface area contributed by atoms with Crippen LogP contribution in [0.1, 0.15) is 27.4 Å². The van der Waals surface area contributed by atoms with Gasteiger partial charge in [-0.25, -0.2) is 0 Å². The molecule has 2 heterocycles. The zero-order chi connectivity index (χ0) is 12.3. The van der Waals surface area contributed by atoms with Gasteiger partial charge < -0.3 is 5.73 Å². The number of carbonyl (C=O) groups is 1. The van der Waals surface area contributed by atoms with Gasteiger partial charge in [0, 0.05) is 36.3 Å². The SMILES string of the molecule is Cc1cnc(Cc2cc(C(N)=O)ccn2)cn1. The van der Waals surface area contributed by atoms with E-state index < -0.39 is 5.91 Å². The predicted molar refractivity (Wildman–Crippen MR) is 62.3 cm³/mol. The first-order valence-electron chi connectivity index (χ1n) is 5.17. The molecule has 0 unspecified atom stereocenters. The van der Waals surface area contributed by atoms with E-state index >= 15 is 0 Å². The van der Waals surface area contributed by atoms with Crippen molar-refractivity contribution in [1.29, 1.82) is 0 Å². The fraction of sp³-hybridized carbons (Fsp3) is 0.167. The van der Waals surface area contributed by atoms with Crippen molar-refractivity contribution in [3.8, 4) is 0 Å². The third-order valence-electron chi connectivity index (χ3n) is 2.30. The molecule has 0 bridgehead atoms. The van der Waals surface area contributed by atoms with Crippen LogP contribution >= 0.6 is 0 Å². The summed E-state index contributed by atoms with van der Waals surface area (Å²) in [4.78, 5) is 23.6. The van der Waals surface area contributed by atoms with Crippen LogP contribution in [-0.4, -0.2) is 20.9 Å². The summed E-state index contributed by atoms with van der Waals surface area (Å²) in [6, 6.07) is 3.26. The number of primary amides is 1. The fourth-order valence-electron chi connectivity index (χ4n) is 1.42. The third kappa shape index (κ3) is 2.84. The minimum atomic E-state index is -0.455. The Balaban J connectivity index is 2.21. The first-order valence-corrected chi connectivity index (χ1v) is 5.17. The van der Waals surface area contributed by atoms with E-state index in [1.807, 2.05) is 6.92 Å². The van der Waals surface area contributed by atoms with Crippen LogP contribution in [-0.2, 0) is 6.42 Å². The highest BCUT2D eigenvalue weighted by Gasteiger charge is 2.04. The largest absolute Gasteiger partial charge is 0.366 e. The van der Waals surface area contributed by atoms with Crippen molar-refractivity contribution in [1.82, 2.24) is 15.0 Å². The molecule has 0 aliphatic carbocycles. The summed E-state index contributed by atoms with van der Waals surface area (Å²) in [5, 5.41) is 0. The van der Waals surface area contributed by atoms with Crippen molar-refractivity contribution in [3.05, 3.63) is 53.4 Å². The predicted octanol–water partition coefficient (Wildman–Crippen LogP) is 0.870. The summed E-state index contributed by atoms with van der Waals surface area (Å²) in [7, 11) is 0. The van der Waals surface area contributed by atoms with E-state index in [0.29, 0.717) is 12.0 Å². The second-order valence-electron chi connectivity index (χ2n) is 3.73. The molecule has 2 aromatic heterocycles. The lowest BCUT2D eigenvalue weighted by Gasteiger charge is -2.02. The van der Waals surface area contributed by atoms with Crippen molar-refractivity contribution >= 4 is 5.91 Å². The number of aromatic nitrogens is 3. The van der Waals surface area contributed by atoms with E-state index in [-0.39, 0.29) is 0 Å². The van der Waals surface area contributed by atoms with Crippen molar-refractivity contribution < 1.29 is 4.79 Å². The standard InChI is InChI=1S/C12H12N4O/c1-8-6-16-11(7-15-8)5-10-4-9(12(13)17)2-3-14-10/h2-4,6-7H,5H2,1H3,(H2,13,17). The molecule has 0 fully saturated rings. The number of pyridine rings is 1. The molecule has 0 aromatic carbocycles. The number of nitrogens with two attached hydrogens (primary N) is 1. The van der Waals surface area contributed by atoms with Gasteiger partial charge >= 0.3 is 0 Å². The maximum absolute atomic E-state index is 11.0. The quantitative estimate of drug-likeness (QED) is 0.845. The van der Waals surface area contributed by atoms with E-state index in [4.69, 9.17) is 5.73 Å². The topological polar surface area (TPSA) is 81.8 Å². The van der Waals surface area contributed by atoms with Gasteiger partial charge in [0.2, 0.25) is 5.91 Å². The fourth-order valence-corrected chi connectivity index (χ4v) is 1.42. The van der Waals surface area contributed by atoms with E-state index in [9.17, 15) is 4.79 Å². The second-order valence-corrected chi connectivity index (χ2v) is 3.73. The van der Waals surface area contributed by atoms with Crippen LogP contribution in [0, 0.1) is 6.92 Å². The highest BCUT2D eigenvalue weighted by Crippen LogP contribution is 2.06. The molecule has 2 N–H and O–H groups in total. The molecule has 0 spiro atoms. The molecule has 2 rings (SSSR count). The van der Waals surface area contributed by atoms with Gasteiger partial charge in [-0.2, -0.15) is 0 Å². The zero-order valence-corrected chi connectivity index (χ0v) is 9.42. The Morgan fingerprint density at radius 3 is 2.71 bits per heavy atom. The summed E-state index contributed by atoms with van der Waals surface area (Å²) in [6.07, 6.45) is 5.51. The van der Waals surface area contributed by atoms with Crippen molar-refractivity contribution in [2.45, 2.75) is 13.3 Å². The van der Waals surface area contributed by atoms with Gasteiger partial charge in [0.15, 0.2) is 0 Å². The number of carbonyl (C=O) groups excluding carboxylic acids is 1. The lowest BCUT2D eigenvalue weighted by molar-refractivity contribution is 0.1000. The Morgan fingerprint density at radius 2 is 2.06 bits per heavy atom. The lowest BCUT2D eigenvalue weighted by Crippen LogP contribution is -2.11. The molecule has 0 atom stereocenters. The Labute approximate surface area is 98.7 Å². The third-order valence-corrected chi connectivity index (χ3v) is 2.30. The highest BCUT2D eigenvalue weighted by atomic mass is 16.1. The van der Waals surface area contributed by atoms with Gasteiger partial charge in [0.1, 0.15) is 0 Å². The van der Waals surface area contributed by atoms with Gasteiger partial charge in [0.05, 0.1) is 11.4 Å². The van der Waals surface area contributed by atoms with Crippen molar-refractivity contribution in [3.63, 3.8) is 0 Å². The number of nitrogens with zero attached hydrogens (tertiary/aromatic N) is 3. The van der Waals surface area contributed by atoms with E-state index in [2.05, 4.69) is 15.0 Å². The van der Waals surface area contributed by atoms with Crippen LogP contribution in [0.3, 0.4) is 0 Å². The monoisotopic (exact) mass is 228 g/mol. The molecule has 0 radical (unpaired) electrons. The van der Waals surface area contributed by atoms with Crippen molar-refractivity contribution in [2.24, 2.45) is 5.73 Å². The average Bonchev–Trinajstić information content (AvgIpc) is 2.32. The summed E-state index contributed by atoms with van der Waals surface area (Å²) in [5.41, 5.74) is 8.08. The van der Waals surface area contributed by atoms with Crippen LogP contribution in [0.4, 0.5) is 0 Å². The number of amides is 1. The molecule has 5 heteroatoms. The molecular weight excluding hydrogens is 216 g/mol. The molecular formula is C12H12N4O. The zero-order valence-electron chi connectivity index (χ0n) is 9.42. The van der Waals surface area contributed by atoms with E-state index in [1.54, 1.807) is 30.7 Å². The van der Waals surface area contributed by atoms with E-state index in [1.165, 1.54) is 0 Å². The summed E-state index contributed by atoms with van der Waals surface area (Å²) >= 11 is 0. The van der Waals surface area contributed by atoms with Gasteiger partial charge in [-0.15, -0.1) is 0 Å². The van der Waals surface area contributed by atoms with E-state index in [0.717, 1.165) is 17.1 Å². The van der Waals surface area contributed by atoms with Crippen LogP contribution in [0.15, 0.2) is 30.7 Å². The smallest absolute Gasteiger partial charge is 0.248 e. The average molecular weight is 228 g/mol. The molecule has 86 valence electrons. The maximum atomic E-state index is 11.0. The van der Waals surface area contributed by atoms with Crippen LogP contribution in [0.25, 0.3) is 0 Å². The number of aryl methyl sites for hydroxylation is 1. The first-order chi connectivity index (χ1) is 8.15. The highest BCUT2D eigenvalue weighted by molar-refractivity contribution is 5.92. The number of hydrogen-bond acceptors (Lipinski definition) is 4. The van der Waals surface area contributed by atoms with Gasteiger partial charge in [-0.05, 0) is 19.1 Å². The Kier molecular flexibility index (Phi) is 3.09. The van der Waals surface area contributed by atoms with Gasteiger partial charge in [0.25, 0.3) is 0 Å². The minimum absolute atomic E-state index is 0.454. The molecule has 17 heavy (non-hydrogen) atoms. The molecule has 5 nitrogen and oxygen atoms in total. The molecule has 0 aliphatic rings. The minimum Gasteiger partial charge on any atom is -0.366 e. The second kappa shape index (κ2) is 4.69. The van der Waals surface area contributed by atoms with Crippen LogP contribution in [0.5, 0.6) is 0 Å². The van der Waals surface area contributed by atoms with Crippen molar-refractivity contribution in [2.75, 3.05) is 0 Å². The summed E-state index contributed by atoms with van der Waals surface area (Å²) in [5.74, 6) is -0.455. The maximum Gasteiger partial charge on any atom is 0.248 e.